The van der Waals surface area contributed by atoms with Gasteiger partial charge in [0.25, 0.3) is 5.91 Å². The van der Waals surface area contributed by atoms with E-state index in [-0.39, 0.29) is 5.91 Å². The molecule has 0 unspecified atom stereocenters. The first-order valence-electron chi connectivity index (χ1n) is 6.46. The summed E-state index contributed by atoms with van der Waals surface area (Å²) in [5.41, 5.74) is 2.71. The van der Waals surface area contributed by atoms with Crippen LogP contribution in [0.1, 0.15) is 15.9 Å². The van der Waals surface area contributed by atoms with E-state index in [1.165, 1.54) is 0 Å². The molecule has 0 saturated carbocycles. The van der Waals surface area contributed by atoms with Gasteiger partial charge >= 0.3 is 0 Å². The zero-order valence-corrected chi connectivity index (χ0v) is 11.2. The first-order valence-corrected chi connectivity index (χ1v) is 6.46. The normalized spacial score (nSPS) is 10.7. The van der Waals surface area contributed by atoms with E-state index in [0.717, 1.165) is 16.5 Å². The van der Waals surface area contributed by atoms with Crippen molar-refractivity contribution in [3.8, 4) is 0 Å². The van der Waals surface area contributed by atoms with Crippen LogP contribution in [0.25, 0.3) is 10.9 Å². The van der Waals surface area contributed by atoms with E-state index in [2.05, 4.69) is 10.3 Å². The number of nitrogens with zero attached hydrogens (tertiary/aromatic N) is 2. The van der Waals surface area contributed by atoms with E-state index in [1.807, 2.05) is 54.2 Å². The zero-order chi connectivity index (χ0) is 13.9. The van der Waals surface area contributed by atoms with Crippen LogP contribution in [0.15, 0.2) is 55.0 Å². The van der Waals surface area contributed by atoms with Crippen molar-refractivity contribution in [2.45, 2.75) is 6.54 Å². The molecule has 0 bridgehead atoms. The minimum Gasteiger partial charge on any atom is -0.351 e. The standard InChI is InChI=1S/C16H15N3O/c1-19-8-6-13-4-5-14(9-15(13)19)16(20)18-11-12-3-2-7-17-10-12/h2-10H,11H2,1H3,(H,18,20). The van der Waals surface area contributed by atoms with Gasteiger partial charge in [-0.3, -0.25) is 9.78 Å². The summed E-state index contributed by atoms with van der Waals surface area (Å²) in [6.45, 7) is 0.484. The van der Waals surface area contributed by atoms with Gasteiger partial charge in [-0.25, -0.2) is 0 Å². The highest BCUT2D eigenvalue weighted by atomic mass is 16.1. The molecule has 0 atom stereocenters. The highest BCUT2D eigenvalue weighted by molar-refractivity contribution is 5.98. The number of pyridine rings is 1. The molecule has 3 aromatic rings. The van der Waals surface area contributed by atoms with Crippen LogP contribution in [0, 0.1) is 0 Å². The fourth-order valence-corrected chi connectivity index (χ4v) is 2.19. The summed E-state index contributed by atoms with van der Waals surface area (Å²) >= 11 is 0. The number of carbonyl (C=O) groups excluding carboxylic acids is 1. The molecule has 1 N–H and O–H groups in total. The summed E-state index contributed by atoms with van der Waals surface area (Å²) in [5, 5.41) is 4.04. The third-order valence-electron chi connectivity index (χ3n) is 3.33. The average Bonchev–Trinajstić information content (AvgIpc) is 2.87. The number of fused-ring (bicyclic) bond motifs is 1. The molecular formula is C16H15N3O. The van der Waals surface area contributed by atoms with Crippen LogP contribution < -0.4 is 5.32 Å². The van der Waals surface area contributed by atoms with Gasteiger partial charge in [0.05, 0.1) is 0 Å². The molecule has 2 aromatic heterocycles. The highest BCUT2D eigenvalue weighted by Gasteiger charge is 2.07. The second-order valence-electron chi connectivity index (χ2n) is 4.74. The predicted molar refractivity (Wildman–Crippen MR) is 78.3 cm³/mol. The topological polar surface area (TPSA) is 46.9 Å². The van der Waals surface area contributed by atoms with E-state index in [4.69, 9.17) is 0 Å². The van der Waals surface area contributed by atoms with Crippen molar-refractivity contribution in [3.63, 3.8) is 0 Å². The molecule has 0 aliphatic carbocycles. The monoisotopic (exact) mass is 265 g/mol. The molecule has 1 aromatic carbocycles. The molecule has 100 valence electrons. The summed E-state index contributed by atoms with van der Waals surface area (Å²) in [7, 11) is 1.97. The van der Waals surface area contributed by atoms with Gasteiger partial charge < -0.3 is 9.88 Å². The summed E-state index contributed by atoms with van der Waals surface area (Å²) in [5.74, 6) is -0.0723. The SMILES string of the molecule is Cn1ccc2ccc(C(=O)NCc3cccnc3)cc21. The molecule has 0 fully saturated rings. The Balaban J connectivity index is 1.77. The number of benzene rings is 1. The molecule has 0 aliphatic heterocycles. The van der Waals surface area contributed by atoms with Gasteiger partial charge in [-0.2, -0.15) is 0 Å². The number of hydrogen-bond acceptors (Lipinski definition) is 2. The average molecular weight is 265 g/mol. The van der Waals surface area contributed by atoms with Crippen LogP contribution in [0.5, 0.6) is 0 Å². The summed E-state index contributed by atoms with van der Waals surface area (Å²) in [4.78, 5) is 16.2. The third-order valence-corrected chi connectivity index (χ3v) is 3.33. The Bertz CT molecular complexity index is 747. The van der Waals surface area contributed by atoms with E-state index in [1.54, 1.807) is 12.4 Å². The van der Waals surface area contributed by atoms with Crippen molar-refractivity contribution >= 4 is 16.8 Å². The second kappa shape index (κ2) is 5.17. The largest absolute Gasteiger partial charge is 0.351 e. The first kappa shape index (κ1) is 12.4. The van der Waals surface area contributed by atoms with E-state index >= 15 is 0 Å². The number of aromatic nitrogens is 2. The van der Waals surface area contributed by atoms with Crippen LogP contribution in [0.2, 0.25) is 0 Å². The van der Waals surface area contributed by atoms with Crippen LogP contribution in [0.3, 0.4) is 0 Å². The molecule has 0 aliphatic rings. The fourth-order valence-electron chi connectivity index (χ4n) is 2.19. The van der Waals surface area contributed by atoms with Crippen molar-refractivity contribution in [3.05, 3.63) is 66.1 Å². The van der Waals surface area contributed by atoms with Crippen molar-refractivity contribution in [2.75, 3.05) is 0 Å². The molecule has 0 radical (unpaired) electrons. The Hall–Kier alpha value is -2.62. The minimum atomic E-state index is -0.0723. The molecule has 0 saturated heterocycles. The van der Waals surface area contributed by atoms with Crippen molar-refractivity contribution in [1.82, 2.24) is 14.9 Å². The third kappa shape index (κ3) is 2.40. The number of carbonyl (C=O) groups is 1. The smallest absolute Gasteiger partial charge is 0.251 e. The Kier molecular flexibility index (Phi) is 3.21. The molecule has 0 spiro atoms. The van der Waals surface area contributed by atoms with Gasteiger partial charge in [0.2, 0.25) is 0 Å². The lowest BCUT2D eigenvalue weighted by Gasteiger charge is -2.06. The predicted octanol–water partition coefficient (Wildman–Crippen LogP) is 2.50. The van der Waals surface area contributed by atoms with Gasteiger partial charge in [0.15, 0.2) is 0 Å². The molecule has 4 nitrogen and oxygen atoms in total. The Morgan fingerprint density at radius 3 is 3.00 bits per heavy atom. The molecule has 20 heavy (non-hydrogen) atoms. The molecule has 1 amide bonds. The first-order chi connectivity index (χ1) is 9.74. The summed E-state index contributed by atoms with van der Waals surface area (Å²) < 4.78 is 2.01. The van der Waals surface area contributed by atoms with Crippen molar-refractivity contribution < 1.29 is 4.79 Å². The Labute approximate surface area is 117 Å². The number of aryl methyl sites for hydroxylation is 1. The van der Waals surface area contributed by atoms with Crippen LogP contribution in [-0.2, 0) is 13.6 Å². The quantitative estimate of drug-likeness (QED) is 0.791. The van der Waals surface area contributed by atoms with Gasteiger partial charge in [-0.15, -0.1) is 0 Å². The maximum absolute atomic E-state index is 12.2. The summed E-state index contributed by atoms with van der Waals surface area (Å²) in [6, 6.07) is 11.6. The summed E-state index contributed by atoms with van der Waals surface area (Å²) in [6.07, 6.45) is 5.46. The van der Waals surface area contributed by atoms with E-state index in [0.29, 0.717) is 12.1 Å². The van der Waals surface area contributed by atoms with Crippen LogP contribution >= 0.6 is 0 Å². The molecule has 2 heterocycles. The van der Waals surface area contributed by atoms with Gasteiger partial charge in [0, 0.05) is 43.3 Å². The number of rotatable bonds is 3. The zero-order valence-electron chi connectivity index (χ0n) is 11.2. The van der Waals surface area contributed by atoms with Gasteiger partial charge in [-0.05, 0) is 35.2 Å². The minimum absolute atomic E-state index is 0.0723. The lowest BCUT2D eigenvalue weighted by atomic mass is 10.1. The fraction of sp³-hybridized carbons (Fsp3) is 0.125. The van der Waals surface area contributed by atoms with Gasteiger partial charge in [-0.1, -0.05) is 12.1 Å². The molecular weight excluding hydrogens is 250 g/mol. The Morgan fingerprint density at radius 2 is 2.20 bits per heavy atom. The van der Waals surface area contributed by atoms with Crippen LogP contribution in [-0.4, -0.2) is 15.5 Å². The highest BCUT2D eigenvalue weighted by Crippen LogP contribution is 2.16. The molecule has 3 rings (SSSR count). The van der Waals surface area contributed by atoms with Crippen LogP contribution in [0.4, 0.5) is 0 Å². The van der Waals surface area contributed by atoms with Crippen molar-refractivity contribution in [2.24, 2.45) is 7.05 Å². The lowest BCUT2D eigenvalue weighted by molar-refractivity contribution is 0.0951. The second-order valence-corrected chi connectivity index (χ2v) is 4.74. The maximum Gasteiger partial charge on any atom is 0.251 e. The maximum atomic E-state index is 12.2. The number of nitrogens with one attached hydrogen (secondary N) is 1. The van der Waals surface area contributed by atoms with Crippen molar-refractivity contribution in [1.29, 1.82) is 0 Å². The van der Waals surface area contributed by atoms with E-state index < -0.39 is 0 Å². The number of amides is 1. The number of hydrogen-bond donors (Lipinski definition) is 1. The Morgan fingerprint density at radius 1 is 1.30 bits per heavy atom. The molecule has 4 heteroatoms. The van der Waals surface area contributed by atoms with E-state index in [9.17, 15) is 4.79 Å². The lowest BCUT2D eigenvalue weighted by Crippen LogP contribution is -2.22. The van der Waals surface area contributed by atoms with Gasteiger partial charge in [0.1, 0.15) is 0 Å².